The normalized spacial score (nSPS) is 19.1. The van der Waals surface area contributed by atoms with E-state index in [4.69, 9.17) is 4.74 Å². The molecule has 1 heterocycles. The fourth-order valence-electron chi connectivity index (χ4n) is 4.27. The van der Waals surface area contributed by atoms with Gasteiger partial charge >= 0.3 is 0 Å². The summed E-state index contributed by atoms with van der Waals surface area (Å²) < 4.78 is 5.52. The molecule has 0 saturated heterocycles. The summed E-state index contributed by atoms with van der Waals surface area (Å²) in [5.74, 6) is 1.27. The highest BCUT2D eigenvalue weighted by molar-refractivity contribution is 5.81. The maximum absolute atomic E-state index is 10.4. The minimum atomic E-state index is 0.379. The van der Waals surface area contributed by atoms with Crippen LogP contribution in [0.15, 0.2) is 30.3 Å². The molecule has 23 heavy (non-hydrogen) atoms. The fourth-order valence-corrected chi connectivity index (χ4v) is 4.27. The van der Waals surface area contributed by atoms with Crippen LogP contribution in [0.4, 0.5) is 0 Å². The second-order valence-electron chi connectivity index (χ2n) is 6.56. The standard InChI is InChI=1S/C20H23NO2/c1-3-8-21-9-7-14-10-15(23-2)12-16-19(14)17(21)11-13-5-4-6-18(22)20(13)16/h4-6,10,12,17,22H,3,7-9,11H2,1-2H3. The molecule has 1 N–H and O–H groups in total. The third kappa shape index (κ3) is 2.22. The SMILES string of the molecule is CCCN1CCc2cc(OC)cc3c2C1Cc1cccc(O)c1-3. The van der Waals surface area contributed by atoms with Gasteiger partial charge in [-0.25, -0.2) is 0 Å². The van der Waals surface area contributed by atoms with Crippen LogP contribution in [-0.4, -0.2) is 30.2 Å². The molecule has 1 unspecified atom stereocenters. The predicted molar refractivity (Wildman–Crippen MR) is 92.1 cm³/mol. The van der Waals surface area contributed by atoms with E-state index in [-0.39, 0.29) is 0 Å². The van der Waals surface area contributed by atoms with Crippen molar-refractivity contribution in [3.05, 3.63) is 47.0 Å². The van der Waals surface area contributed by atoms with Crippen LogP contribution in [0.5, 0.6) is 11.5 Å². The van der Waals surface area contributed by atoms with Gasteiger partial charge < -0.3 is 9.84 Å². The van der Waals surface area contributed by atoms with Gasteiger partial charge in [0, 0.05) is 18.2 Å². The lowest BCUT2D eigenvalue weighted by Crippen LogP contribution is -2.38. The number of benzene rings is 2. The Morgan fingerprint density at radius 3 is 2.91 bits per heavy atom. The first-order valence-electron chi connectivity index (χ1n) is 8.49. The minimum absolute atomic E-state index is 0.379. The lowest BCUT2D eigenvalue weighted by atomic mass is 9.76. The van der Waals surface area contributed by atoms with Gasteiger partial charge in [0.05, 0.1) is 7.11 Å². The van der Waals surface area contributed by atoms with Gasteiger partial charge in [-0.15, -0.1) is 0 Å². The zero-order valence-corrected chi connectivity index (χ0v) is 13.8. The minimum Gasteiger partial charge on any atom is -0.507 e. The maximum Gasteiger partial charge on any atom is 0.123 e. The van der Waals surface area contributed by atoms with Crippen molar-refractivity contribution in [2.24, 2.45) is 0 Å². The molecule has 0 radical (unpaired) electrons. The Bertz CT molecular complexity index is 754. The van der Waals surface area contributed by atoms with Crippen molar-refractivity contribution in [3.8, 4) is 22.6 Å². The first-order valence-corrected chi connectivity index (χ1v) is 8.49. The third-order valence-electron chi connectivity index (χ3n) is 5.24. The molecule has 0 amide bonds. The van der Waals surface area contributed by atoms with Crippen LogP contribution < -0.4 is 4.74 Å². The van der Waals surface area contributed by atoms with Crippen LogP contribution >= 0.6 is 0 Å². The molecular weight excluding hydrogens is 286 g/mol. The van der Waals surface area contributed by atoms with Gasteiger partial charge in [0.2, 0.25) is 0 Å². The zero-order valence-electron chi connectivity index (χ0n) is 13.8. The van der Waals surface area contributed by atoms with E-state index in [1.54, 1.807) is 13.2 Å². The molecule has 3 nitrogen and oxygen atoms in total. The molecule has 120 valence electrons. The Labute approximate surface area is 137 Å². The topological polar surface area (TPSA) is 32.7 Å². The van der Waals surface area contributed by atoms with Crippen molar-refractivity contribution in [2.75, 3.05) is 20.2 Å². The second-order valence-corrected chi connectivity index (χ2v) is 6.56. The van der Waals surface area contributed by atoms with Gasteiger partial charge in [0.1, 0.15) is 11.5 Å². The van der Waals surface area contributed by atoms with Crippen molar-refractivity contribution in [1.82, 2.24) is 4.90 Å². The molecule has 0 spiro atoms. The van der Waals surface area contributed by atoms with E-state index < -0.39 is 0 Å². The molecule has 0 fully saturated rings. The zero-order chi connectivity index (χ0) is 16.0. The highest BCUT2D eigenvalue weighted by atomic mass is 16.5. The average Bonchev–Trinajstić information content (AvgIpc) is 2.57. The van der Waals surface area contributed by atoms with Crippen molar-refractivity contribution in [2.45, 2.75) is 32.2 Å². The maximum atomic E-state index is 10.4. The van der Waals surface area contributed by atoms with Crippen LogP contribution in [0, 0.1) is 0 Å². The number of methoxy groups -OCH3 is 1. The van der Waals surface area contributed by atoms with Crippen LogP contribution in [0.2, 0.25) is 0 Å². The molecule has 0 aromatic heterocycles. The Balaban J connectivity index is 1.96. The Morgan fingerprint density at radius 1 is 1.26 bits per heavy atom. The number of nitrogens with zero attached hydrogens (tertiary/aromatic N) is 1. The summed E-state index contributed by atoms with van der Waals surface area (Å²) in [5, 5.41) is 10.4. The van der Waals surface area contributed by atoms with E-state index in [0.717, 1.165) is 42.8 Å². The van der Waals surface area contributed by atoms with Crippen LogP contribution in [0.3, 0.4) is 0 Å². The highest BCUT2D eigenvalue weighted by Crippen LogP contribution is 2.49. The summed E-state index contributed by atoms with van der Waals surface area (Å²) in [6.45, 7) is 4.48. The number of ether oxygens (including phenoxy) is 1. The first kappa shape index (κ1) is 14.6. The van der Waals surface area contributed by atoms with Crippen LogP contribution in [-0.2, 0) is 12.8 Å². The molecule has 2 aromatic rings. The highest BCUT2D eigenvalue weighted by Gasteiger charge is 2.35. The molecule has 1 aliphatic carbocycles. The Kier molecular flexibility index (Phi) is 3.53. The summed E-state index contributed by atoms with van der Waals surface area (Å²) in [5.41, 5.74) is 6.18. The van der Waals surface area contributed by atoms with E-state index in [1.165, 1.54) is 23.1 Å². The molecule has 4 rings (SSSR count). The molecule has 2 aliphatic rings. The monoisotopic (exact) mass is 309 g/mol. The fraction of sp³-hybridized carbons (Fsp3) is 0.400. The summed E-state index contributed by atoms with van der Waals surface area (Å²) in [4.78, 5) is 2.60. The van der Waals surface area contributed by atoms with Gasteiger partial charge in [-0.05, 0) is 66.3 Å². The second kappa shape index (κ2) is 5.57. The lowest BCUT2D eigenvalue weighted by Gasteiger charge is -2.42. The smallest absolute Gasteiger partial charge is 0.123 e. The molecule has 3 heteroatoms. The van der Waals surface area contributed by atoms with Gasteiger partial charge in [0.15, 0.2) is 0 Å². The number of phenolic OH excluding ortho intramolecular Hbond substituents is 1. The first-order chi connectivity index (χ1) is 11.2. The number of aromatic hydroxyl groups is 1. The van der Waals surface area contributed by atoms with Gasteiger partial charge in [-0.3, -0.25) is 4.90 Å². The molecule has 1 atom stereocenters. The predicted octanol–water partition coefficient (Wildman–Crippen LogP) is 3.93. The Morgan fingerprint density at radius 2 is 2.13 bits per heavy atom. The van der Waals surface area contributed by atoms with Crippen molar-refractivity contribution in [3.63, 3.8) is 0 Å². The molecule has 1 aliphatic heterocycles. The van der Waals surface area contributed by atoms with Gasteiger partial charge in [-0.2, -0.15) is 0 Å². The molecular formula is C20H23NO2. The van der Waals surface area contributed by atoms with E-state index in [2.05, 4.69) is 30.0 Å². The van der Waals surface area contributed by atoms with Crippen LogP contribution in [0.25, 0.3) is 11.1 Å². The van der Waals surface area contributed by atoms with Crippen molar-refractivity contribution in [1.29, 1.82) is 0 Å². The van der Waals surface area contributed by atoms with Crippen molar-refractivity contribution >= 4 is 0 Å². The average molecular weight is 309 g/mol. The number of fused-ring (bicyclic) bond motifs is 2. The summed E-state index contributed by atoms with van der Waals surface area (Å²) in [6, 6.07) is 10.6. The van der Waals surface area contributed by atoms with E-state index in [9.17, 15) is 5.11 Å². The number of phenols is 1. The summed E-state index contributed by atoms with van der Waals surface area (Å²) in [7, 11) is 1.72. The summed E-state index contributed by atoms with van der Waals surface area (Å²) in [6.07, 6.45) is 3.21. The van der Waals surface area contributed by atoms with E-state index in [0.29, 0.717) is 11.8 Å². The van der Waals surface area contributed by atoms with Crippen molar-refractivity contribution < 1.29 is 9.84 Å². The quantitative estimate of drug-likeness (QED) is 0.932. The molecule has 0 saturated carbocycles. The van der Waals surface area contributed by atoms with E-state index in [1.807, 2.05) is 6.07 Å². The summed E-state index contributed by atoms with van der Waals surface area (Å²) >= 11 is 0. The number of hydrogen-bond acceptors (Lipinski definition) is 3. The van der Waals surface area contributed by atoms with E-state index >= 15 is 0 Å². The largest absolute Gasteiger partial charge is 0.507 e. The molecule has 0 bridgehead atoms. The number of rotatable bonds is 3. The number of hydrogen-bond donors (Lipinski definition) is 1. The third-order valence-corrected chi connectivity index (χ3v) is 5.24. The van der Waals surface area contributed by atoms with Gasteiger partial charge in [0.25, 0.3) is 0 Å². The Hall–Kier alpha value is -2.00. The molecule has 2 aromatic carbocycles. The lowest BCUT2D eigenvalue weighted by molar-refractivity contribution is 0.182. The van der Waals surface area contributed by atoms with Gasteiger partial charge in [-0.1, -0.05) is 19.1 Å². The van der Waals surface area contributed by atoms with Crippen LogP contribution in [0.1, 0.15) is 36.1 Å².